The molecule has 0 N–H and O–H groups in total. The van der Waals surface area contributed by atoms with Crippen LogP contribution in [0.4, 0.5) is 8.78 Å². The van der Waals surface area contributed by atoms with Gasteiger partial charge in [-0.1, -0.05) is 29.8 Å². The lowest BCUT2D eigenvalue weighted by atomic mass is 9.87. The van der Waals surface area contributed by atoms with E-state index in [4.69, 9.17) is 4.74 Å². The molecule has 142 valence electrons. The fourth-order valence-electron chi connectivity index (χ4n) is 3.09. The number of halogens is 2. The number of rotatable bonds is 2. The van der Waals surface area contributed by atoms with Crippen molar-refractivity contribution in [2.24, 2.45) is 0 Å². The number of allylic oxidation sites excluding steroid dienone is 3. The minimum absolute atomic E-state index is 0.167. The molecule has 0 unspecified atom stereocenters. The molecule has 1 heterocycles. The Balaban J connectivity index is 2.51. The molecule has 0 spiro atoms. The lowest BCUT2D eigenvalue weighted by Crippen LogP contribution is -2.01. The number of esters is 1. The lowest BCUT2D eigenvalue weighted by Gasteiger charge is -2.14. The Morgan fingerprint density at radius 3 is 1.66 bits per heavy atom. The van der Waals surface area contributed by atoms with Crippen LogP contribution in [0.5, 0.6) is 0 Å². The van der Waals surface area contributed by atoms with Crippen molar-refractivity contribution in [3.05, 3.63) is 99.3 Å². The summed E-state index contributed by atoms with van der Waals surface area (Å²) in [6, 6.07) is 14.5. The molecule has 1 saturated heterocycles. The topological polar surface area (TPSA) is 73.9 Å². The van der Waals surface area contributed by atoms with Gasteiger partial charge in [-0.25, -0.2) is 13.6 Å². The summed E-state index contributed by atoms with van der Waals surface area (Å²) in [5.41, 5.74) is 2.13. The Hall–Kier alpha value is -4.03. The van der Waals surface area contributed by atoms with Crippen LogP contribution in [0.3, 0.4) is 0 Å². The van der Waals surface area contributed by atoms with Gasteiger partial charge in [0.25, 0.3) is 0 Å². The average molecular weight is 388 g/mol. The summed E-state index contributed by atoms with van der Waals surface area (Å²) in [6.45, 7) is 3.40. The SMILES string of the molecule is CC(C)=C1C(=O)OC(=C(C#N)C#N)C1=C(c1ccc(F)cc1)c1ccc(F)cc1. The van der Waals surface area contributed by atoms with E-state index in [1.807, 2.05) is 0 Å². The molecule has 29 heavy (non-hydrogen) atoms. The zero-order chi connectivity index (χ0) is 21.1. The molecule has 2 aromatic rings. The molecule has 4 nitrogen and oxygen atoms in total. The summed E-state index contributed by atoms with van der Waals surface area (Å²) in [5, 5.41) is 18.7. The van der Waals surface area contributed by atoms with E-state index in [1.165, 1.54) is 48.5 Å². The van der Waals surface area contributed by atoms with Crippen molar-refractivity contribution in [3.63, 3.8) is 0 Å². The normalized spacial score (nSPS) is 12.9. The van der Waals surface area contributed by atoms with E-state index in [-0.39, 0.29) is 22.5 Å². The first kappa shape index (κ1) is 19.7. The summed E-state index contributed by atoms with van der Waals surface area (Å²) in [4.78, 5) is 12.6. The Kier molecular flexibility index (Phi) is 5.38. The van der Waals surface area contributed by atoms with Gasteiger partial charge < -0.3 is 4.74 Å². The highest BCUT2D eigenvalue weighted by molar-refractivity contribution is 6.06. The molecule has 0 amide bonds. The van der Waals surface area contributed by atoms with E-state index in [9.17, 15) is 24.1 Å². The third-order valence-electron chi connectivity index (χ3n) is 4.34. The van der Waals surface area contributed by atoms with Gasteiger partial charge in [0.1, 0.15) is 23.8 Å². The molecule has 1 fully saturated rings. The molecule has 1 aliphatic rings. The van der Waals surface area contributed by atoms with Gasteiger partial charge in [0.15, 0.2) is 11.3 Å². The minimum atomic E-state index is -0.695. The first-order valence-electron chi connectivity index (χ1n) is 8.58. The number of nitrogens with zero attached hydrogens (tertiary/aromatic N) is 2. The van der Waals surface area contributed by atoms with Crippen molar-refractivity contribution in [1.82, 2.24) is 0 Å². The molecular weight excluding hydrogens is 374 g/mol. The third-order valence-corrected chi connectivity index (χ3v) is 4.34. The summed E-state index contributed by atoms with van der Waals surface area (Å²) >= 11 is 0. The smallest absolute Gasteiger partial charge is 0.344 e. The first-order valence-corrected chi connectivity index (χ1v) is 8.58. The number of carbonyl (C=O) groups excluding carboxylic acids is 1. The summed E-state index contributed by atoms with van der Waals surface area (Å²) in [7, 11) is 0. The van der Waals surface area contributed by atoms with E-state index in [0.29, 0.717) is 22.3 Å². The highest BCUT2D eigenvalue weighted by Crippen LogP contribution is 2.42. The number of hydrogen-bond donors (Lipinski definition) is 0. The minimum Gasteiger partial charge on any atom is -0.420 e. The van der Waals surface area contributed by atoms with Gasteiger partial charge in [-0.15, -0.1) is 0 Å². The predicted octanol–water partition coefficient (Wildman–Crippen LogP) is 4.96. The molecule has 6 heteroatoms. The van der Waals surface area contributed by atoms with Crippen LogP contribution in [-0.4, -0.2) is 5.97 Å². The van der Waals surface area contributed by atoms with Gasteiger partial charge in [0, 0.05) is 11.1 Å². The van der Waals surface area contributed by atoms with Crippen LogP contribution in [-0.2, 0) is 9.53 Å². The number of nitriles is 2. The zero-order valence-corrected chi connectivity index (χ0v) is 15.6. The van der Waals surface area contributed by atoms with Crippen molar-refractivity contribution in [2.75, 3.05) is 0 Å². The van der Waals surface area contributed by atoms with Crippen LogP contribution < -0.4 is 0 Å². The Morgan fingerprint density at radius 2 is 1.28 bits per heavy atom. The maximum Gasteiger partial charge on any atom is 0.344 e. The highest BCUT2D eigenvalue weighted by atomic mass is 19.1. The van der Waals surface area contributed by atoms with Crippen LogP contribution in [0.15, 0.2) is 76.6 Å². The van der Waals surface area contributed by atoms with Crippen molar-refractivity contribution in [3.8, 4) is 12.1 Å². The molecule has 0 saturated carbocycles. The number of ether oxygens (including phenoxy) is 1. The number of carbonyl (C=O) groups is 1. The molecule has 0 radical (unpaired) electrons. The van der Waals surface area contributed by atoms with Gasteiger partial charge in [-0.2, -0.15) is 10.5 Å². The molecule has 3 rings (SSSR count). The fraction of sp³-hybridized carbons (Fsp3) is 0.0870. The Labute approximate surface area is 166 Å². The van der Waals surface area contributed by atoms with Crippen LogP contribution >= 0.6 is 0 Å². The van der Waals surface area contributed by atoms with Gasteiger partial charge in [0.2, 0.25) is 0 Å². The predicted molar refractivity (Wildman–Crippen MR) is 102 cm³/mol. The second kappa shape index (κ2) is 7.92. The zero-order valence-electron chi connectivity index (χ0n) is 15.6. The maximum absolute atomic E-state index is 13.5. The third kappa shape index (κ3) is 3.69. The molecule has 0 aliphatic carbocycles. The fourth-order valence-corrected chi connectivity index (χ4v) is 3.09. The van der Waals surface area contributed by atoms with Crippen LogP contribution in [0, 0.1) is 34.3 Å². The highest BCUT2D eigenvalue weighted by Gasteiger charge is 2.37. The van der Waals surface area contributed by atoms with Crippen LogP contribution in [0.25, 0.3) is 5.57 Å². The Bertz CT molecular complexity index is 1110. The molecule has 0 bridgehead atoms. The summed E-state index contributed by atoms with van der Waals surface area (Å²) in [6.07, 6.45) is 0. The van der Waals surface area contributed by atoms with Crippen molar-refractivity contribution in [1.29, 1.82) is 10.5 Å². The quantitative estimate of drug-likeness (QED) is 0.414. The standard InChI is InChI=1S/C23H14F2N2O2/c1-13(2)19-21(22(29-23(19)28)16(11-26)12-27)20(14-3-7-17(24)8-4-14)15-5-9-18(25)10-6-15/h3-10H,1-2H3. The molecule has 1 aliphatic heterocycles. The second-order valence-electron chi connectivity index (χ2n) is 6.46. The van der Waals surface area contributed by atoms with Crippen molar-refractivity contribution in [2.45, 2.75) is 13.8 Å². The molecular formula is C23H14F2N2O2. The van der Waals surface area contributed by atoms with Gasteiger partial charge in [0.05, 0.1) is 5.57 Å². The Morgan fingerprint density at radius 1 is 0.828 bits per heavy atom. The number of cyclic esters (lactones) is 1. The maximum atomic E-state index is 13.5. The number of benzene rings is 2. The van der Waals surface area contributed by atoms with Gasteiger partial charge in [-0.05, 0) is 49.2 Å². The van der Waals surface area contributed by atoms with E-state index in [1.54, 1.807) is 26.0 Å². The first-order chi connectivity index (χ1) is 13.9. The monoisotopic (exact) mass is 388 g/mol. The van der Waals surface area contributed by atoms with E-state index in [0.717, 1.165) is 0 Å². The summed E-state index contributed by atoms with van der Waals surface area (Å²) < 4.78 is 32.3. The van der Waals surface area contributed by atoms with E-state index < -0.39 is 17.6 Å². The second-order valence-corrected chi connectivity index (χ2v) is 6.46. The van der Waals surface area contributed by atoms with Gasteiger partial charge >= 0.3 is 5.97 Å². The molecule has 2 aromatic carbocycles. The largest absolute Gasteiger partial charge is 0.420 e. The van der Waals surface area contributed by atoms with E-state index in [2.05, 4.69) is 0 Å². The molecule has 0 aromatic heterocycles. The van der Waals surface area contributed by atoms with Crippen LogP contribution in [0.2, 0.25) is 0 Å². The lowest BCUT2D eigenvalue weighted by molar-refractivity contribution is -0.132. The van der Waals surface area contributed by atoms with Crippen LogP contribution in [0.1, 0.15) is 25.0 Å². The van der Waals surface area contributed by atoms with Gasteiger partial charge in [-0.3, -0.25) is 0 Å². The van der Waals surface area contributed by atoms with Crippen molar-refractivity contribution >= 4 is 11.5 Å². The number of hydrogen-bond acceptors (Lipinski definition) is 4. The average Bonchev–Trinajstić information content (AvgIpc) is 3.03. The van der Waals surface area contributed by atoms with Crippen molar-refractivity contribution < 1.29 is 18.3 Å². The molecule has 0 atom stereocenters. The summed E-state index contributed by atoms with van der Waals surface area (Å²) in [5.74, 6) is -1.77. The van der Waals surface area contributed by atoms with E-state index >= 15 is 0 Å².